The van der Waals surface area contributed by atoms with Crippen LogP contribution in [0.25, 0.3) is 0 Å². The minimum Gasteiger partial charge on any atom is -0.486 e. The molecule has 0 saturated heterocycles. The molecule has 0 fully saturated rings. The third-order valence-corrected chi connectivity index (χ3v) is 4.35. The van der Waals surface area contributed by atoms with Gasteiger partial charge in [-0.15, -0.1) is 0 Å². The topological polar surface area (TPSA) is 119 Å². The van der Waals surface area contributed by atoms with Gasteiger partial charge >= 0.3 is 12.0 Å². The first-order chi connectivity index (χ1) is 16.2. The van der Waals surface area contributed by atoms with Gasteiger partial charge in [-0.25, -0.2) is 4.79 Å². The van der Waals surface area contributed by atoms with Crippen LogP contribution in [0.1, 0.15) is 53.0 Å². The second-order valence-electron chi connectivity index (χ2n) is 8.33. The van der Waals surface area contributed by atoms with Crippen LogP contribution in [0.2, 0.25) is 0 Å². The number of carbonyl (C=O) groups excluding carboxylic acids is 3. The number of hydrogen-bond donors (Lipinski definition) is 3. The molecule has 2 aromatic carbocycles. The summed E-state index contributed by atoms with van der Waals surface area (Å²) in [4.78, 5) is 36.3. The molecule has 3 rings (SSSR count). The highest BCUT2D eigenvalue weighted by Crippen LogP contribution is 2.14. The van der Waals surface area contributed by atoms with E-state index < -0.39 is 23.5 Å². The van der Waals surface area contributed by atoms with E-state index in [0.29, 0.717) is 17.1 Å². The van der Waals surface area contributed by atoms with Gasteiger partial charge in [0, 0.05) is 12.1 Å². The quantitative estimate of drug-likeness (QED) is 0.455. The summed E-state index contributed by atoms with van der Waals surface area (Å²) in [7, 11) is 0. The summed E-state index contributed by atoms with van der Waals surface area (Å²) in [6, 6.07) is 18.9. The second kappa shape index (κ2) is 11.0. The Morgan fingerprint density at radius 2 is 1.53 bits per heavy atom. The summed E-state index contributed by atoms with van der Waals surface area (Å²) in [5.74, 6) is 0.0897. The van der Waals surface area contributed by atoms with Crippen LogP contribution in [-0.4, -0.2) is 23.5 Å². The van der Waals surface area contributed by atoms with E-state index in [1.807, 2.05) is 30.3 Å². The smallest absolute Gasteiger partial charge is 0.407 e. The van der Waals surface area contributed by atoms with E-state index in [4.69, 9.17) is 13.9 Å². The fraction of sp³-hybridized carbons (Fsp3) is 0.240. The Labute approximate surface area is 197 Å². The van der Waals surface area contributed by atoms with E-state index in [9.17, 15) is 14.4 Å². The van der Waals surface area contributed by atoms with Crippen LogP contribution in [0.15, 0.2) is 71.1 Å². The molecule has 9 heteroatoms. The van der Waals surface area contributed by atoms with Crippen molar-refractivity contribution in [1.82, 2.24) is 16.2 Å². The molecule has 0 spiro atoms. The zero-order valence-corrected chi connectivity index (χ0v) is 19.2. The molecule has 0 bridgehead atoms. The average molecular weight is 466 g/mol. The maximum absolute atomic E-state index is 12.3. The minimum atomic E-state index is -0.600. The lowest BCUT2D eigenvalue weighted by Crippen LogP contribution is -2.41. The molecule has 3 N–H and O–H groups in total. The maximum atomic E-state index is 12.3. The standard InChI is InChI=1S/C25H27N3O6/c1-25(2,3)34-24(31)26-15-17-9-11-18(12-10-17)22(29)27-28-23(30)21-14-13-20(33-21)16-32-19-7-5-4-6-8-19/h4-14H,15-16H2,1-3H3,(H,26,31)(H,27,29)(H,28,30). The lowest BCUT2D eigenvalue weighted by Gasteiger charge is -2.19. The number of amides is 3. The minimum absolute atomic E-state index is 0.0375. The highest BCUT2D eigenvalue weighted by atomic mass is 16.6. The highest BCUT2D eigenvalue weighted by molar-refractivity contribution is 5.98. The molecule has 0 aliphatic carbocycles. The van der Waals surface area contributed by atoms with Crippen molar-refractivity contribution in [3.63, 3.8) is 0 Å². The summed E-state index contributed by atoms with van der Waals surface area (Å²) in [6.45, 7) is 5.76. The van der Waals surface area contributed by atoms with Gasteiger partial charge in [0.15, 0.2) is 5.76 Å². The van der Waals surface area contributed by atoms with Gasteiger partial charge < -0.3 is 19.2 Å². The van der Waals surface area contributed by atoms with Crippen molar-refractivity contribution in [2.75, 3.05) is 0 Å². The highest BCUT2D eigenvalue weighted by Gasteiger charge is 2.16. The fourth-order valence-corrected chi connectivity index (χ4v) is 2.76. The number of hydrogen-bond acceptors (Lipinski definition) is 6. The van der Waals surface area contributed by atoms with E-state index in [0.717, 1.165) is 5.56 Å². The zero-order chi connectivity index (χ0) is 24.6. The molecule has 0 unspecified atom stereocenters. The van der Waals surface area contributed by atoms with Gasteiger partial charge in [0.25, 0.3) is 5.91 Å². The van der Waals surface area contributed by atoms with Gasteiger partial charge in [0.1, 0.15) is 23.7 Å². The Hall–Kier alpha value is -4.27. The SMILES string of the molecule is CC(C)(C)OC(=O)NCc1ccc(C(=O)NNC(=O)c2ccc(COc3ccccc3)o2)cc1. The summed E-state index contributed by atoms with van der Waals surface area (Å²) < 4.78 is 16.2. The van der Waals surface area contributed by atoms with Crippen molar-refractivity contribution in [2.24, 2.45) is 0 Å². The number of carbonyl (C=O) groups is 3. The lowest BCUT2D eigenvalue weighted by atomic mass is 10.1. The third kappa shape index (κ3) is 7.70. The number of rotatable bonds is 7. The Morgan fingerprint density at radius 3 is 2.21 bits per heavy atom. The molecule has 3 amide bonds. The molecule has 0 atom stereocenters. The van der Waals surface area contributed by atoms with Gasteiger partial charge in [-0.05, 0) is 62.7 Å². The van der Waals surface area contributed by atoms with Crippen LogP contribution >= 0.6 is 0 Å². The van der Waals surface area contributed by atoms with Gasteiger partial charge in [-0.1, -0.05) is 30.3 Å². The molecular weight excluding hydrogens is 438 g/mol. The molecule has 1 aromatic heterocycles. The number of para-hydroxylation sites is 1. The normalized spacial score (nSPS) is 10.8. The summed E-state index contributed by atoms with van der Waals surface area (Å²) in [6.07, 6.45) is -0.523. The number of furan rings is 1. The van der Waals surface area contributed by atoms with Gasteiger partial charge in [0.2, 0.25) is 0 Å². The maximum Gasteiger partial charge on any atom is 0.407 e. The fourth-order valence-electron chi connectivity index (χ4n) is 2.76. The van der Waals surface area contributed by atoms with Crippen LogP contribution < -0.4 is 20.9 Å². The van der Waals surface area contributed by atoms with Crippen molar-refractivity contribution in [1.29, 1.82) is 0 Å². The Balaban J connectivity index is 1.44. The molecule has 1 heterocycles. The van der Waals surface area contributed by atoms with Crippen LogP contribution in [0.5, 0.6) is 5.75 Å². The number of nitrogens with one attached hydrogen (secondary N) is 3. The van der Waals surface area contributed by atoms with Crippen molar-refractivity contribution in [3.8, 4) is 5.75 Å². The first kappa shape index (κ1) is 24.4. The van der Waals surface area contributed by atoms with Crippen molar-refractivity contribution in [3.05, 3.63) is 89.4 Å². The molecular formula is C25H27N3O6. The van der Waals surface area contributed by atoms with Crippen molar-refractivity contribution in [2.45, 2.75) is 39.5 Å². The van der Waals surface area contributed by atoms with Crippen LogP contribution in [0, 0.1) is 0 Å². The largest absolute Gasteiger partial charge is 0.486 e. The predicted molar refractivity (Wildman–Crippen MR) is 124 cm³/mol. The zero-order valence-electron chi connectivity index (χ0n) is 19.2. The van der Waals surface area contributed by atoms with E-state index >= 15 is 0 Å². The van der Waals surface area contributed by atoms with E-state index in [1.165, 1.54) is 6.07 Å². The first-order valence-electron chi connectivity index (χ1n) is 10.6. The van der Waals surface area contributed by atoms with Crippen molar-refractivity contribution >= 4 is 17.9 Å². The Morgan fingerprint density at radius 1 is 0.853 bits per heavy atom. The molecule has 3 aromatic rings. The van der Waals surface area contributed by atoms with E-state index in [-0.39, 0.29) is 18.9 Å². The Kier molecular flexibility index (Phi) is 7.92. The third-order valence-electron chi connectivity index (χ3n) is 4.35. The summed E-state index contributed by atoms with van der Waals surface area (Å²) >= 11 is 0. The predicted octanol–water partition coefficient (Wildman–Crippen LogP) is 3.96. The average Bonchev–Trinajstić information content (AvgIpc) is 3.29. The van der Waals surface area contributed by atoms with E-state index in [1.54, 1.807) is 51.1 Å². The number of ether oxygens (including phenoxy) is 2. The molecule has 0 aliphatic rings. The van der Waals surface area contributed by atoms with Crippen LogP contribution in [-0.2, 0) is 17.9 Å². The summed E-state index contributed by atoms with van der Waals surface area (Å²) in [5, 5.41) is 2.64. The van der Waals surface area contributed by atoms with Crippen molar-refractivity contribution < 1.29 is 28.3 Å². The first-order valence-corrected chi connectivity index (χ1v) is 10.6. The molecule has 0 radical (unpaired) electrons. The molecule has 0 aliphatic heterocycles. The summed E-state index contributed by atoms with van der Waals surface area (Å²) in [5.41, 5.74) is 5.19. The second-order valence-corrected chi connectivity index (χ2v) is 8.33. The monoisotopic (exact) mass is 465 g/mol. The van der Waals surface area contributed by atoms with Gasteiger partial charge in [-0.2, -0.15) is 0 Å². The number of benzene rings is 2. The molecule has 34 heavy (non-hydrogen) atoms. The van der Waals surface area contributed by atoms with E-state index in [2.05, 4.69) is 16.2 Å². The Bertz CT molecular complexity index is 1120. The van der Waals surface area contributed by atoms with Crippen LogP contribution in [0.3, 0.4) is 0 Å². The molecule has 9 nitrogen and oxygen atoms in total. The van der Waals surface area contributed by atoms with Crippen LogP contribution in [0.4, 0.5) is 4.79 Å². The number of alkyl carbamates (subject to hydrolysis) is 1. The van der Waals surface area contributed by atoms with Gasteiger partial charge in [-0.3, -0.25) is 20.4 Å². The number of hydrazine groups is 1. The molecule has 178 valence electrons. The lowest BCUT2D eigenvalue weighted by molar-refractivity contribution is 0.0523. The van der Waals surface area contributed by atoms with Gasteiger partial charge in [0.05, 0.1) is 0 Å². The molecule has 0 saturated carbocycles.